The smallest absolute Gasteiger partial charge is 0.219 e. The Bertz CT molecular complexity index is 964. The fourth-order valence-corrected chi connectivity index (χ4v) is 5.19. The fourth-order valence-electron chi connectivity index (χ4n) is 5.19. The maximum Gasteiger partial charge on any atom is 0.219 e. The number of benzene rings is 2. The highest BCUT2D eigenvalue weighted by molar-refractivity contribution is 5.82. The fraction of sp³-hybridized carbons (Fsp3) is 0.348. The van der Waals surface area contributed by atoms with E-state index < -0.39 is 0 Å². The van der Waals surface area contributed by atoms with Crippen LogP contribution in [0, 0.1) is 11.8 Å². The molecule has 0 aliphatic carbocycles. The minimum absolute atomic E-state index is 0.195. The van der Waals surface area contributed by atoms with Gasteiger partial charge in [0.1, 0.15) is 0 Å². The lowest BCUT2D eigenvalue weighted by molar-refractivity contribution is -0.130. The molecular weight excluding hydrogens is 334 g/mol. The van der Waals surface area contributed by atoms with Crippen LogP contribution in [0.3, 0.4) is 0 Å². The van der Waals surface area contributed by atoms with Crippen LogP contribution in [0.1, 0.15) is 24.1 Å². The van der Waals surface area contributed by atoms with Gasteiger partial charge in [0.15, 0.2) is 0 Å². The van der Waals surface area contributed by atoms with Gasteiger partial charge in [-0.05, 0) is 28.5 Å². The number of amides is 1. The monoisotopic (exact) mass is 359 g/mol. The van der Waals surface area contributed by atoms with Crippen molar-refractivity contribution in [2.45, 2.75) is 19.5 Å². The summed E-state index contributed by atoms with van der Waals surface area (Å²) >= 11 is 0. The molecule has 0 radical (unpaired) electrons. The highest BCUT2D eigenvalue weighted by atomic mass is 16.2. The Morgan fingerprint density at radius 3 is 2.70 bits per heavy atom. The van der Waals surface area contributed by atoms with Crippen molar-refractivity contribution < 1.29 is 4.79 Å². The third-order valence-electron chi connectivity index (χ3n) is 6.35. The van der Waals surface area contributed by atoms with Crippen molar-refractivity contribution in [2.75, 3.05) is 19.6 Å². The van der Waals surface area contributed by atoms with E-state index in [9.17, 15) is 4.79 Å². The minimum Gasteiger partial charge on any atom is -0.361 e. The molecule has 2 aliphatic heterocycles. The molecule has 2 aliphatic rings. The van der Waals surface area contributed by atoms with E-state index >= 15 is 0 Å². The standard InChI is InChI=1S/C23H25N3O/c1-16(27)26-14-20-13-25(12-19-9-5-8-17-10-11-24-22(17)19)15-21(20)23(26)18-6-3-2-4-7-18/h2-11,20-21,23-24H,12-15H2,1H3/t20-,21-,23-/m1/s1. The van der Waals surface area contributed by atoms with E-state index in [1.54, 1.807) is 6.92 Å². The van der Waals surface area contributed by atoms with E-state index in [0.717, 1.165) is 26.2 Å². The Balaban J connectivity index is 1.39. The van der Waals surface area contributed by atoms with Crippen LogP contribution in [0.25, 0.3) is 10.9 Å². The van der Waals surface area contributed by atoms with Gasteiger partial charge in [0.05, 0.1) is 6.04 Å². The predicted molar refractivity (Wildman–Crippen MR) is 107 cm³/mol. The molecule has 2 aromatic carbocycles. The van der Waals surface area contributed by atoms with Crippen molar-refractivity contribution in [1.82, 2.24) is 14.8 Å². The average Bonchev–Trinajstić information content (AvgIpc) is 3.36. The third kappa shape index (κ3) is 2.85. The molecule has 138 valence electrons. The first-order valence-corrected chi connectivity index (χ1v) is 9.80. The molecule has 27 heavy (non-hydrogen) atoms. The zero-order valence-corrected chi connectivity index (χ0v) is 15.6. The normalized spacial score (nSPS) is 25.2. The number of aromatic amines is 1. The zero-order chi connectivity index (χ0) is 18.4. The van der Waals surface area contributed by atoms with Gasteiger partial charge in [-0.1, -0.05) is 48.5 Å². The van der Waals surface area contributed by atoms with Gasteiger partial charge in [-0.25, -0.2) is 0 Å². The number of nitrogens with one attached hydrogen (secondary N) is 1. The summed E-state index contributed by atoms with van der Waals surface area (Å²) in [7, 11) is 0. The summed E-state index contributed by atoms with van der Waals surface area (Å²) < 4.78 is 0. The number of carbonyl (C=O) groups is 1. The van der Waals surface area contributed by atoms with E-state index in [-0.39, 0.29) is 11.9 Å². The molecule has 0 saturated carbocycles. The highest BCUT2D eigenvalue weighted by Gasteiger charge is 2.48. The van der Waals surface area contributed by atoms with Crippen LogP contribution in [-0.2, 0) is 11.3 Å². The Morgan fingerprint density at radius 1 is 1.04 bits per heavy atom. The molecule has 1 amide bonds. The van der Waals surface area contributed by atoms with Crippen molar-refractivity contribution in [3.05, 3.63) is 71.9 Å². The summed E-state index contributed by atoms with van der Waals surface area (Å²) in [5.41, 5.74) is 3.88. The molecule has 1 aromatic heterocycles. The summed E-state index contributed by atoms with van der Waals surface area (Å²) in [6.07, 6.45) is 2.02. The number of likely N-dealkylation sites (tertiary alicyclic amines) is 2. The molecule has 2 fully saturated rings. The van der Waals surface area contributed by atoms with Gasteiger partial charge in [-0.3, -0.25) is 9.69 Å². The van der Waals surface area contributed by atoms with Gasteiger partial charge < -0.3 is 9.88 Å². The van der Waals surface area contributed by atoms with Crippen LogP contribution < -0.4 is 0 Å². The van der Waals surface area contributed by atoms with E-state index in [0.29, 0.717) is 11.8 Å². The second kappa shape index (κ2) is 6.54. The second-order valence-corrected chi connectivity index (χ2v) is 8.00. The first kappa shape index (κ1) is 16.6. The molecule has 0 bridgehead atoms. The van der Waals surface area contributed by atoms with Gasteiger partial charge >= 0.3 is 0 Å². The molecule has 3 heterocycles. The Morgan fingerprint density at radius 2 is 1.89 bits per heavy atom. The van der Waals surface area contributed by atoms with Crippen LogP contribution in [0.5, 0.6) is 0 Å². The number of nitrogens with zero attached hydrogens (tertiary/aromatic N) is 2. The van der Waals surface area contributed by atoms with Gasteiger partial charge in [0.2, 0.25) is 5.91 Å². The van der Waals surface area contributed by atoms with Crippen LogP contribution in [0.2, 0.25) is 0 Å². The molecule has 0 unspecified atom stereocenters. The van der Waals surface area contributed by atoms with E-state index in [2.05, 4.69) is 63.3 Å². The zero-order valence-electron chi connectivity index (χ0n) is 15.6. The van der Waals surface area contributed by atoms with E-state index in [4.69, 9.17) is 0 Å². The van der Waals surface area contributed by atoms with E-state index in [1.807, 2.05) is 12.3 Å². The summed E-state index contributed by atoms with van der Waals surface area (Å²) in [6, 6.07) is 19.4. The topological polar surface area (TPSA) is 39.3 Å². The molecule has 5 rings (SSSR count). The van der Waals surface area contributed by atoms with Gasteiger partial charge in [0, 0.05) is 50.7 Å². The van der Waals surface area contributed by atoms with E-state index in [1.165, 1.54) is 22.0 Å². The number of carbonyl (C=O) groups excluding carboxylic acids is 1. The van der Waals surface area contributed by atoms with Crippen molar-refractivity contribution in [3.8, 4) is 0 Å². The molecule has 4 heteroatoms. The van der Waals surface area contributed by atoms with Gasteiger partial charge in [0.25, 0.3) is 0 Å². The molecule has 2 saturated heterocycles. The molecular formula is C23H25N3O. The number of rotatable bonds is 3. The van der Waals surface area contributed by atoms with Crippen molar-refractivity contribution >= 4 is 16.8 Å². The molecule has 1 N–H and O–H groups in total. The second-order valence-electron chi connectivity index (χ2n) is 8.00. The maximum atomic E-state index is 12.3. The van der Waals surface area contributed by atoms with Crippen LogP contribution in [0.15, 0.2) is 60.8 Å². The third-order valence-corrected chi connectivity index (χ3v) is 6.35. The highest BCUT2D eigenvalue weighted by Crippen LogP contribution is 2.45. The SMILES string of the molecule is CC(=O)N1C[C@H]2CN(Cc3cccc4cc[nH]c34)C[C@H]2[C@H]1c1ccccc1. The summed E-state index contributed by atoms with van der Waals surface area (Å²) in [5, 5.41) is 1.27. The Hall–Kier alpha value is -2.59. The quantitative estimate of drug-likeness (QED) is 0.772. The average molecular weight is 359 g/mol. The number of fused-ring (bicyclic) bond motifs is 2. The number of para-hydroxylation sites is 1. The van der Waals surface area contributed by atoms with Crippen LogP contribution in [0.4, 0.5) is 0 Å². The molecule has 0 spiro atoms. The van der Waals surface area contributed by atoms with Gasteiger partial charge in [-0.15, -0.1) is 0 Å². The lowest BCUT2D eigenvalue weighted by atomic mass is 9.89. The van der Waals surface area contributed by atoms with Crippen LogP contribution in [-0.4, -0.2) is 40.3 Å². The van der Waals surface area contributed by atoms with Crippen molar-refractivity contribution in [3.63, 3.8) is 0 Å². The summed E-state index contributed by atoms with van der Waals surface area (Å²) in [5.74, 6) is 1.27. The number of H-pyrrole nitrogens is 1. The molecule has 3 aromatic rings. The largest absolute Gasteiger partial charge is 0.361 e. The number of hydrogen-bond acceptors (Lipinski definition) is 2. The number of hydrogen-bond donors (Lipinski definition) is 1. The lowest BCUT2D eigenvalue weighted by Gasteiger charge is -2.29. The minimum atomic E-state index is 0.195. The van der Waals surface area contributed by atoms with Crippen molar-refractivity contribution in [1.29, 1.82) is 0 Å². The molecule has 4 nitrogen and oxygen atoms in total. The predicted octanol–water partition coefficient (Wildman–Crippen LogP) is 3.82. The Kier molecular flexibility index (Phi) is 4.01. The maximum absolute atomic E-state index is 12.3. The Labute approximate surface area is 159 Å². The summed E-state index contributed by atoms with van der Waals surface area (Å²) in [6.45, 7) is 5.66. The summed E-state index contributed by atoms with van der Waals surface area (Å²) in [4.78, 5) is 20.3. The first-order valence-electron chi connectivity index (χ1n) is 9.80. The van der Waals surface area contributed by atoms with Crippen LogP contribution >= 0.6 is 0 Å². The van der Waals surface area contributed by atoms with Gasteiger partial charge in [-0.2, -0.15) is 0 Å². The lowest BCUT2D eigenvalue weighted by Crippen LogP contribution is -2.34. The molecule has 3 atom stereocenters. The first-order chi connectivity index (χ1) is 13.2. The number of aromatic nitrogens is 1. The van der Waals surface area contributed by atoms with Crippen molar-refractivity contribution in [2.24, 2.45) is 11.8 Å².